The molecule has 1 aliphatic carbocycles. The van der Waals surface area contributed by atoms with Gasteiger partial charge in [0, 0.05) is 11.6 Å². The SMILES string of the molecule is NC1CCCc2c(OCc3cccc(F)c3Cl)cccc21. The average molecular weight is 306 g/mol. The summed E-state index contributed by atoms with van der Waals surface area (Å²) in [5.74, 6) is 0.401. The monoisotopic (exact) mass is 305 g/mol. The summed E-state index contributed by atoms with van der Waals surface area (Å²) in [4.78, 5) is 0. The molecule has 4 heteroatoms. The number of hydrogen-bond donors (Lipinski definition) is 1. The van der Waals surface area contributed by atoms with Gasteiger partial charge in [-0.1, -0.05) is 35.9 Å². The summed E-state index contributed by atoms with van der Waals surface area (Å²) in [7, 11) is 0. The van der Waals surface area contributed by atoms with Crippen LogP contribution >= 0.6 is 11.6 Å². The van der Waals surface area contributed by atoms with E-state index in [0.29, 0.717) is 5.56 Å². The lowest BCUT2D eigenvalue weighted by molar-refractivity contribution is 0.300. The van der Waals surface area contributed by atoms with Gasteiger partial charge < -0.3 is 10.5 Å². The summed E-state index contributed by atoms with van der Waals surface area (Å²) < 4.78 is 19.3. The first-order valence-corrected chi connectivity index (χ1v) is 7.47. The molecule has 0 saturated carbocycles. The van der Waals surface area contributed by atoms with Crippen molar-refractivity contribution >= 4 is 11.6 Å². The van der Waals surface area contributed by atoms with Crippen LogP contribution in [-0.2, 0) is 13.0 Å². The van der Waals surface area contributed by atoms with Crippen LogP contribution in [-0.4, -0.2) is 0 Å². The summed E-state index contributed by atoms with van der Waals surface area (Å²) >= 11 is 5.95. The third-order valence-electron chi connectivity index (χ3n) is 3.93. The molecule has 1 unspecified atom stereocenters. The van der Waals surface area contributed by atoms with Crippen LogP contribution in [0.3, 0.4) is 0 Å². The molecule has 0 saturated heterocycles. The van der Waals surface area contributed by atoms with E-state index in [2.05, 4.69) is 6.07 Å². The van der Waals surface area contributed by atoms with E-state index in [-0.39, 0.29) is 17.7 Å². The minimum Gasteiger partial charge on any atom is -0.489 e. The summed E-state index contributed by atoms with van der Waals surface area (Å²) in [5.41, 5.74) is 9.11. The van der Waals surface area contributed by atoms with E-state index in [1.807, 2.05) is 12.1 Å². The Bertz CT molecular complexity index is 659. The van der Waals surface area contributed by atoms with E-state index in [1.165, 1.54) is 11.6 Å². The van der Waals surface area contributed by atoms with Crippen molar-refractivity contribution in [3.8, 4) is 5.75 Å². The van der Waals surface area contributed by atoms with Crippen molar-refractivity contribution in [1.29, 1.82) is 0 Å². The fraction of sp³-hybridized carbons (Fsp3) is 0.294. The lowest BCUT2D eigenvalue weighted by Gasteiger charge is -2.24. The van der Waals surface area contributed by atoms with Gasteiger partial charge in [0.2, 0.25) is 0 Å². The van der Waals surface area contributed by atoms with Crippen molar-refractivity contribution in [2.75, 3.05) is 0 Å². The van der Waals surface area contributed by atoms with E-state index >= 15 is 0 Å². The number of fused-ring (bicyclic) bond motifs is 1. The van der Waals surface area contributed by atoms with Crippen molar-refractivity contribution in [3.63, 3.8) is 0 Å². The second-order valence-electron chi connectivity index (χ2n) is 5.32. The van der Waals surface area contributed by atoms with Crippen LogP contribution in [0.1, 0.15) is 35.6 Å². The third kappa shape index (κ3) is 2.89. The van der Waals surface area contributed by atoms with Crippen LogP contribution in [0.2, 0.25) is 5.02 Å². The first-order chi connectivity index (χ1) is 10.2. The number of rotatable bonds is 3. The van der Waals surface area contributed by atoms with Crippen molar-refractivity contribution in [2.45, 2.75) is 31.9 Å². The molecule has 1 aliphatic rings. The molecule has 0 aromatic heterocycles. The van der Waals surface area contributed by atoms with Crippen LogP contribution in [0, 0.1) is 5.82 Å². The first-order valence-electron chi connectivity index (χ1n) is 7.10. The lowest BCUT2D eigenvalue weighted by Crippen LogP contribution is -2.18. The maximum atomic E-state index is 13.4. The molecule has 0 aliphatic heterocycles. The second-order valence-corrected chi connectivity index (χ2v) is 5.70. The fourth-order valence-electron chi connectivity index (χ4n) is 2.80. The van der Waals surface area contributed by atoms with E-state index in [4.69, 9.17) is 22.1 Å². The van der Waals surface area contributed by atoms with Crippen LogP contribution < -0.4 is 10.5 Å². The predicted octanol–water partition coefficient (Wildman–Crippen LogP) is 4.39. The van der Waals surface area contributed by atoms with Crippen LogP contribution in [0.4, 0.5) is 4.39 Å². The molecule has 2 aromatic carbocycles. The topological polar surface area (TPSA) is 35.2 Å². The van der Waals surface area contributed by atoms with Gasteiger partial charge in [0.25, 0.3) is 0 Å². The molecule has 0 bridgehead atoms. The summed E-state index contributed by atoms with van der Waals surface area (Å²) in [6.45, 7) is 0.252. The van der Waals surface area contributed by atoms with E-state index in [9.17, 15) is 4.39 Å². The largest absolute Gasteiger partial charge is 0.489 e. The number of hydrogen-bond acceptors (Lipinski definition) is 2. The molecular weight excluding hydrogens is 289 g/mol. The second kappa shape index (κ2) is 6.04. The van der Waals surface area contributed by atoms with Crippen molar-refractivity contribution in [2.24, 2.45) is 5.73 Å². The Labute approximate surface area is 128 Å². The van der Waals surface area contributed by atoms with Gasteiger partial charge in [-0.15, -0.1) is 0 Å². The highest BCUT2D eigenvalue weighted by atomic mass is 35.5. The summed E-state index contributed by atoms with van der Waals surface area (Å²) in [6.07, 6.45) is 3.04. The van der Waals surface area contributed by atoms with Gasteiger partial charge >= 0.3 is 0 Å². The molecule has 0 fully saturated rings. The first kappa shape index (κ1) is 14.4. The van der Waals surface area contributed by atoms with Gasteiger partial charge in [0.05, 0.1) is 5.02 Å². The zero-order valence-electron chi connectivity index (χ0n) is 11.6. The minimum absolute atomic E-state index is 0.0788. The Morgan fingerprint density at radius 1 is 1.24 bits per heavy atom. The van der Waals surface area contributed by atoms with E-state index in [1.54, 1.807) is 12.1 Å². The molecule has 21 heavy (non-hydrogen) atoms. The van der Waals surface area contributed by atoms with Gasteiger partial charge in [0.15, 0.2) is 0 Å². The molecule has 0 amide bonds. The van der Waals surface area contributed by atoms with E-state index in [0.717, 1.165) is 30.6 Å². The lowest BCUT2D eigenvalue weighted by atomic mass is 9.87. The van der Waals surface area contributed by atoms with Crippen LogP contribution in [0.15, 0.2) is 36.4 Å². The molecule has 110 valence electrons. The van der Waals surface area contributed by atoms with Gasteiger partial charge in [-0.3, -0.25) is 0 Å². The highest BCUT2D eigenvalue weighted by molar-refractivity contribution is 6.31. The van der Waals surface area contributed by atoms with Crippen LogP contribution in [0.25, 0.3) is 0 Å². The van der Waals surface area contributed by atoms with Gasteiger partial charge in [-0.05, 0) is 42.5 Å². The molecule has 0 spiro atoms. The molecule has 2 N–H and O–H groups in total. The quantitative estimate of drug-likeness (QED) is 0.912. The standard InChI is InChI=1S/C17H17ClFNO/c18-17-11(4-1-7-14(17)19)10-21-16-9-3-5-12-13(16)6-2-8-15(12)20/h1,3-5,7,9,15H,2,6,8,10,20H2. The minimum atomic E-state index is -0.421. The Kier molecular flexibility index (Phi) is 4.13. The molecule has 2 nitrogen and oxygen atoms in total. The number of ether oxygens (including phenoxy) is 1. The van der Waals surface area contributed by atoms with Gasteiger partial charge in [-0.2, -0.15) is 0 Å². The zero-order valence-corrected chi connectivity index (χ0v) is 12.4. The van der Waals surface area contributed by atoms with Crippen LogP contribution in [0.5, 0.6) is 5.75 Å². The Hall–Kier alpha value is -1.58. The predicted molar refractivity (Wildman–Crippen MR) is 82.1 cm³/mol. The Morgan fingerprint density at radius 2 is 2.05 bits per heavy atom. The Balaban J connectivity index is 1.83. The Morgan fingerprint density at radius 3 is 2.90 bits per heavy atom. The molecule has 3 rings (SSSR count). The summed E-state index contributed by atoms with van der Waals surface area (Å²) in [6, 6.07) is 10.8. The van der Waals surface area contributed by atoms with Crippen molar-refractivity contribution in [1.82, 2.24) is 0 Å². The third-order valence-corrected chi connectivity index (χ3v) is 4.35. The molecule has 2 aromatic rings. The number of halogens is 2. The zero-order chi connectivity index (χ0) is 14.8. The molecule has 0 heterocycles. The molecular formula is C17H17ClFNO. The molecule has 0 radical (unpaired) electrons. The normalized spacial score (nSPS) is 17.4. The summed E-state index contributed by atoms with van der Waals surface area (Å²) in [5, 5.41) is 0.124. The van der Waals surface area contributed by atoms with Crippen molar-refractivity contribution < 1.29 is 9.13 Å². The van der Waals surface area contributed by atoms with Gasteiger partial charge in [-0.25, -0.2) is 4.39 Å². The molecule has 1 atom stereocenters. The maximum absolute atomic E-state index is 13.4. The average Bonchev–Trinajstić information content (AvgIpc) is 2.49. The number of nitrogens with two attached hydrogens (primary N) is 1. The van der Waals surface area contributed by atoms with Crippen molar-refractivity contribution in [3.05, 3.63) is 63.9 Å². The highest BCUT2D eigenvalue weighted by Gasteiger charge is 2.20. The van der Waals surface area contributed by atoms with Gasteiger partial charge in [0.1, 0.15) is 18.2 Å². The highest BCUT2D eigenvalue weighted by Crippen LogP contribution is 2.34. The number of benzene rings is 2. The smallest absolute Gasteiger partial charge is 0.142 e. The maximum Gasteiger partial charge on any atom is 0.142 e. The van der Waals surface area contributed by atoms with E-state index < -0.39 is 5.82 Å². The fourth-order valence-corrected chi connectivity index (χ4v) is 2.98.